The Morgan fingerprint density at radius 3 is 2.87 bits per heavy atom. The van der Waals surface area contributed by atoms with Crippen molar-refractivity contribution >= 4 is 28.4 Å². The Kier molecular flexibility index (Phi) is 3.38. The van der Waals surface area contributed by atoms with Gasteiger partial charge in [0.05, 0.1) is 11.6 Å². The predicted octanol–water partition coefficient (Wildman–Crippen LogP) is 3.36. The Morgan fingerprint density at radius 1 is 1.43 bits per heavy atom. The number of imidazole rings is 1. The molecular formula is C17H17ClN4O. The summed E-state index contributed by atoms with van der Waals surface area (Å²) in [5.41, 5.74) is 1.35. The number of nitrogens with zero attached hydrogens (tertiary/aromatic N) is 3. The number of hydrogen-bond acceptors (Lipinski definition) is 2. The summed E-state index contributed by atoms with van der Waals surface area (Å²) in [6.07, 6.45) is 5.71. The number of para-hydroxylation sites is 1. The van der Waals surface area contributed by atoms with Crippen LogP contribution in [0.3, 0.4) is 0 Å². The summed E-state index contributed by atoms with van der Waals surface area (Å²) in [6.45, 7) is 0.499. The highest BCUT2D eigenvalue weighted by atomic mass is 35.5. The normalized spacial score (nSPS) is 14.3. The summed E-state index contributed by atoms with van der Waals surface area (Å²) in [6, 6.07) is 7.98. The number of carbonyl (C=O) groups excluding carboxylic acids is 1. The minimum atomic E-state index is -0.0586. The highest BCUT2D eigenvalue weighted by molar-refractivity contribution is 6.38. The molecule has 5 nitrogen and oxygen atoms in total. The van der Waals surface area contributed by atoms with Crippen molar-refractivity contribution in [3.8, 4) is 0 Å². The average Bonchev–Trinajstić information content (AvgIpc) is 3.24. The molecule has 0 radical (unpaired) electrons. The van der Waals surface area contributed by atoms with E-state index in [1.54, 1.807) is 6.20 Å². The molecule has 118 valence electrons. The van der Waals surface area contributed by atoms with Crippen LogP contribution in [-0.4, -0.2) is 31.4 Å². The molecule has 1 amide bonds. The van der Waals surface area contributed by atoms with Crippen molar-refractivity contribution < 1.29 is 4.79 Å². The van der Waals surface area contributed by atoms with Gasteiger partial charge in [-0.05, 0) is 18.9 Å². The Hall–Kier alpha value is -2.27. The maximum atomic E-state index is 13.0. The monoisotopic (exact) mass is 328 g/mol. The fourth-order valence-electron chi connectivity index (χ4n) is 2.85. The van der Waals surface area contributed by atoms with E-state index in [1.165, 1.54) is 0 Å². The van der Waals surface area contributed by atoms with E-state index in [4.69, 9.17) is 11.6 Å². The molecule has 1 aliphatic rings. The van der Waals surface area contributed by atoms with Gasteiger partial charge in [-0.2, -0.15) is 0 Å². The topological polar surface area (TPSA) is 53.9 Å². The number of carbonyl (C=O) groups is 1. The molecule has 4 rings (SSSR count). The Balaban J connectivity index is 1.69. The van der Waals surface area contributed by atoms with Crippen LogP contribution in [0.15, 0.2) is 36.7 Å². The molecule has 3 aromatic rings. The number of hydrogen-bond donors (Lipinski definition) is 1. The van der Waals surface area contributed by atoms with Gasteiger partial charge in [-0.3, -0.25) is 4.79 Å². The molecule has 0 atom stereocenters. The molecule has 23 heavy (non-hydrogen) atoms. The van der Waals surface area contributed by atoms with Gasteiger partial charge < -0.3 is 14.5 Å². The lowest BCUT2D eigenvalue weighted by molar-refractivity contribution is 0.0719. The van der Waals surface area contributed by atoms with Crippen LogP contribution in [0.5, 0.6) is 0 Å². The first-order valence-electron chi connectivity index (χ1n) is 7.68. The largest absolute Gasteiger partial charge is 0.349 e. The van der Waals surface area contributed by atoms with Crippen molar-refractivity contribution in [3.63, 3.8) is 0 Å². The number of fused-ring (bicyclic) bond motifs is 1. The van der Waals surface area contributed by atoms with Crippen molar-refractivity contribution in [2.45, 2.75) is 25.4 Å². The molecule has 6 heteroatoms. The minimum Gasteiger partial charge on any atom is -0.349 e. The fourth-order valence-corrected chi connectivity index (χ4v) is 3.15. The van der Waals surface area contributed by atoms with Gasteiger partial charge in [-0.1, -0.05) is 29.8 Å². The fraction of sp³-hybridized carbons (Fsp3) is 0.294. The number of aromatic amines is 1. The van der Waals surface area contributed by atoms with Gasteiger partial charge in [0, 0.05) is 36.4 Å². The highest BCUT2D eigenvalue weighted by Crippen LogP contribution is 2.33. The van der Waals surface area contributed by atoms with Gasteiger partial charge in [-0.15, -0.1) is 0 Å². The van der Waals surface area contributed by atoms with Crippen molar-refractivity contribution in [2.24, 2.45) is 7.05 Å². The van der Waals surface area contributed by atoms with Crippen LogP contribution < -0.4 is 0 Å². The van der Waals surface area contributed by atoms with Gasteiger partial charge in [-0.25, -0.2) is 4.98 Å². The molecule has 1 N–H and O–H groups in total. The first-order chi connectivity index (χ1) is 11.1. The average molecular weight is 329 g/mol. The number of amides is 1. The molecule has 2 aromatic heterocycles. The number of aromatic nitrogens is 3. The Labute approximate surface area is 138 Å². The first kappa shape index (κ1) is 14.3. The van der Waals surface area contributed by atoms with Crippen molar-refractivity contribution in [1.82, 2.24) is 19.4 Å². The van der Waals surface area contributed by atoms with Gasteiger partial charge in [0.25, 0.3) is 5.91 Å². The second-order valence-electron chi connectivity index (χ2n) is 5.98. The molecular weight excluding hydrogens is 312 g/mol. The predicted molar refractivity (Wildman–Crippen MR) is 89.4 cm³/mol. The zero-order chi connectivity index (χ0) is 16.0. The number of benzene rings is 1. The third-order valence-corrected chi connectivity index (χ3v) is 4.73. The van der Waals surface area contributed by atoms with Crippen LogP contribution in [0, 0.1) is 0 Å². The zero-order valence-corrected chi connectivity index (χ0v) is 13.5. The smallest absolute Gasteiger partial charge is 0.272 e. The molecule has 1 fully saturated rings. The Morgan fingerprint density at radius 2 is 2.22 bits per heavy atom. The van der Waals surface area contributed by atoms with E-state index in [9.17, 15) is 4.79 Å². The standard InChI is InChI=1S/C17H17ClN4O/c1-21-9-8-19-14(21)10-22(11-6-7-11)17(23)16-15(18)12-4-2-3-5-13(12)20-16/h2-5,8-9,11,20H,6-7,10H2,1H3. The molecule has 1 aromatic carbocycles. The van der Waals surface area contributed by atoms with Crippen molar-refractivity contribution in [3.05, 3.63) is 53.2 Å². The summed E-state index contributed by atoms with van der Waals surface area (Å²) in [7, 11) is 1.94. The molecule has 0 unspecified atom stereocenters. The summed E-state index contributed by atoms with van der Waals surface area (Å²) in [5.74, 6) is 0.814. The van der Waals surface area contributed by atoms with Crippen LogP contribution in [0.1, 0.15) is 29.2 Å². The van der Waals surface area contributed by atoms with Crippen LogP contribution in [0.2, 0.25) is 5.02 Å². The second kappa shape index (κ2) is 5.42. The van der Waals surface area contributed by atoms with Crippen LogP contribution >= 0.6 is 11.6 Å². The summed E-state index contributed by atoms with van der Waals surface area (Å²) >= 11 is 6.43. The van der Waals surface area contributed by atoms with Crippen LogP contribution in [0.4, 0.5) is 0 Å². The quantitative estimate of drug-likeness (QED) is 0.798. The van der Waals surface area contributed by atoms with E-state index in [0.29, 0.717) is 17.3 Å². The summed E-state index contributed by atoms with van der Waals surface area (Å²) in [5, 5.41) is 1.38. The number of rotatable bonds is 4. The zero-order valence-electron chi connectivity index (χ0n) is 12.8. The molecule has 0 saturated heterocycles. The number of nitrogens with one attached hydrogen (secondary N) is 1. The SMILES string of the molecule is Cn1ccnc1CN(C(=O)c1[nH]c2ccccc2c1Cl)C1CC1. The van der Waals surface area contributed by atoms with E-state index in [-0.39, 0.29) is 11.9 Å². The van der Waals surface area contributed by atoms with Crippen LogP contribution in [0.25, 0.3) is 10.9 Å². The first-order valence-corrected chi connectivity index (χ1v) is 8.06. The van der Waals surface area contributed by atoms with Crippen molar-refractivity contribution in [2.75, 3.05) is 0 Å². The molecule has 0 spiro atoms. The summed E-state index contributed by atoms with van der Waals surface area (Å²) in [4.78, 5) is 22.4. The molecule has 1 aliphatic carbocycles. The van der Waals surface area contributed by atoms with Crippen LogP contribution in [-0.2, 0) is 13.6 Å². The summed E-state index contributed by atoms with van der Waals surface area (Å²) < 4.78 is 1.94. The maximum Gasteiger partial charge on any atom is 0.272 e. The lowest BCUT2D eigenvalue weighted by Crippen LogP contribution is -2.34. The van der Waals surface area contributed by atoms with Gasteiger partial charge >= 0.3 is 0 Å². The van der Waals surface area contributed by atoms with Gasteiger partial charge in [0.1, 0.15) is 11.5 Å². The minimum absolute atomic E-state index is 0.0586. The molecule has 0 bridgehead atoms. The van der Waals surface area contributed by atoms with Gasteiger partial charge in [0.15, 0.2) is 0 Å². The number of halogens is 1. The van der Waals surface area contributed by atoms with E-state index in [0.717, 1.165) is 29.6 Å². The lowest BCUT2D eigenvalue weighted by atomic mass is 10.2. The lowest BCUT2D eigenvalue weighted by Gasteiger charge is -2.21. The third kappa shape index (κ3) is 2.51. The number of H-pyrrole nitrogens is 1. The third-order valence-electron chi connectivity index (χ3n) is 4.34. The second-order valence-corrected chi connectivity index (χ2v) is 6.36. The van der Waals surface area contributed by atoms with E-state index < -0.39 is 0 Å². The maximum absolute atomic E-state index is 13.0. The van der Waals surface area contributed by atoms with E-state index in [2.05, 4.69) is 9.97 Å². The number of aryl methyl sites for hydroxylation is 1. The highest BCUT2D eigenvalue weighted by Gasteiger charge is 2.35. The van der Waals surface area contributed by atoms with E-state index >= 15 is 0 Å². The van der Waals surface area contributed by atoms with E-state index in [1.807, 2.05) is 47.0 Å². The molecule has 2 heterocycles. The molecule has 0 aliphatic heterocycles. The van der Waals surface area contributed by atoms with Crippen molar-refractivity contribution in [1.29, 1.82) is 0 Å². The Bertz CT molecular complexity index is 878. The molecule has 1 saturated carbocycles. The van der Waals surface area contributed by atoms with Gasteiger partial charge in [0.2, 0.25) is 0 Å².